The summed E-state index contributed by atoms with van der Waals surface area (Å²) in [5.74, 6) is -3.18. The predicted molar refractivity (Wildman–Crippen MR) is 61.6 cm³/mol. The Hall–Kier alpha value is -1.28. The van der Waals surface area contributed by atoms with Crippen molar-refractivity contribution in [3.8, 4) is 0 Å². The first kappa shape index (κ1) is 14.8. The highest BCUT2D eigenvalue weighted by atomic mass is 35.5. The summed E-state index contributed by atoms with van der Waals surface area (Å²) in [6.45, 7) is 0.370. The number of alkyl halides is 2. The summed E-state index contributed by atoms with van der Waals surface area (Å²) in [4.78, 5) is 15.3. The minimum absolute atomic E-state index is 0. The van der Waals surface area contributed by atoms with Crippen molar-refractivity contribution in [2.24, 2.45) is 0 Å². The molecule has 0 saturated carbocycles. The SMILES string of the molecule is Cl.O=C(NCCn1cncn1)C1CC(F)(F)CN1. The van der Waals surface area contributed by atoms with E-state index in [9.17, 15) is 13.6 Å². The Balaban J connectivity index is 0.00000162. The van der Waals surface area contributed by atoms with Gasteiger partial charge in [-0.2, -0.15) is 5.10 Å². The Kier molecular flexibility index (Phi) is 4.97. The van der Waals surface area contributed by atoms with E-state index in [-0.39, 0.29) is 12.4 Å². The number of amides is 1. The molecule has 0 bridgehead atoms. The van der Waals surface area contributed by atoms with Gasteiger partial charge in [0.2, 0.25) is 5.91 Å². The molecule has 0 aliphatic carbocycles. The molecular weight excluding hydrogens is 268 g/mol. The molecule has 2 N–H and O–H groups in total. The van der Waals surface area contributed by atoms with Gasteiger partial charge in [0, 0.05) is 13.0 Å². The van der Waals surface area contributed by atoms with Gasteiger partial charge >= 0.3 is 0 Å². The van der Waals surface area contributed by atoms with Gasteiger partial charge in [0.25, 0.3) is 5.92 Å². The summed E-state index contributed by atoms with van der Waals surface area (Å²) < 4.78 is 27.2. The molecule has 1 aliphatic heterocycles. The van der Waals surface area contributed by atoms with Gasteiger partial charge in [-0.1, -0.05) is 0 Å². The Morgan fingerprint density at radius 1 is 1.61 bits per heavy atom. The van der Waals surface area contributed by atoms with Crippen molar-refractivity contribution in [3.05, 3.63) is 12.7 Å². The maximum atomic E-state index is 12.8. The van der Waals surface area contributed by atoms with Gasteiger partial charge in [-0.25, -0.2) is 13.8 Å². The molecule has 1 saturated heterocycles. The van der Waals surface area contributed by atoms with E-state index < -0.39 is 30.8 Å². The number of nitrogens with one attached hydrogen (secondary N) is 2. The minimum Gasteiger partial charge on any atom is -0.353 e. The molecule has 102 valence electrons. The van der Waals surface area contributed by atoms with Crippen molar-refractivity contribution < 1.29 is 13.6 Å². The van der Waals surface area contributed by atoms with E-state index in [1.54, 1.807) is 4.68 Å². The Morgan fingerprint density at radius 2 is 2.39 bits per heavy atom. The first-order valence-electron chi connectivity index (χ1n) is 5.28. The zero-order valence-corrected chi connectivity index (χ0v) is 10.3. The number of carbonyl (C=O) groups is 1. The molecule has 6 nitrogen and oxygen atoms in total. The molecule has 0 radical (unpaired) electrons. The predicted octanol–water partition coefficient (Wildman–Crippen LogP) is -0.187. The molecular formula is C9H14ClF2N5O. The molecule has 18 heavy (non-hydrogen) atoms. The van der Waals surface area contributed by atoms with Crippen molar-refractivity contribution in [3.63, 3.8) is 0 Å². The Labute approximate surface area is 109 Å². The van der Waals surface area contributed by atoms with Crippen LogP contribution in [0.4, 0.5) is 8.78 Å². The number of carbonyl (C=O) groups excluding carboxylic acids is 1. The summed E-state index contributed by atoms with van der Waals surface area (Å²) in [6, 6.07) is -0.805. The normalized spacial score (nSPS) is 21.3. The van der Waals surface area contributed by atoms with Crippen molar-refractivity contribution in [1.29, 1.82) is 0 Å². The lowest BCUT2D eigenvalue weighted by Crippen LogP contribution is -2.41. The van der Waals surface area contributed by atoms with Gasteiger partial charge in [0.05, 0.1) is 19.1 Å². The van der Waals surface area contributed by atoms with Crippen LogP contribution < -0.4 is 10.6 Å². The summed E-state index contributed by atoms with van der Waals surface area (Å²) in [5.41, 5.74) is 0. The van der Waals surface area contributed by atoms with Gasteiger partial charge in [-0.15, -0.1) is 12.4 Å². The standard InChI is InChI=1S/C9H13F2N5O.ClH/c10-9(11)3-7(14-4-9)8(17)13-1-2-16-6-12-5-15-16;/h5-7,14H,1-4H2,(H,13,17);1H. The molecule has 1 aliphatic rings. The molecule has 0 aromatic carbocycles. The highest BCUT2D eigenvalue weighted by molar-refractivity contribution is 5.85. The van der Waals surface area contributed by atoms with Crippen LogP contribution in [0, 0.1) is 0 Å². The summed E-state index contributed by atoms with van der Waals surface area (Å²) in [5, 5.41) is 8.92. The van der Waals surface area contributed by atoms with E-state index in [1.165, 1.54) is 12.7 Å². The second kappa shape index (κ2) is 6.05. The number of nitrogens with zero attached hydrogens (tertiary/aromatic N) is 3. The number of halogens is 3. The van der Waals surface area contributed by atoms with Gasteiger partial charge < -0.3 is 5.32 Å². The van der Waals surface area contributed by atoms with Crippen LogP contribution in [0.5, 0.6) is 0 Å². The highest BCUT2D eigenvalue weighted by Crippen LogP contribution is 2.24. The van der Waals surface area contributed by atoms with Gasteiger partial charge in [-0.05, 0) is 0 Å². The second-order valence-electron chi connectivity index (χ2n) is 3.94. The van der Waals surface area contributed by atoms with Crippen molar-refractivity contribution >= 4 is 18.3 Å². The van der Waals surface area contributed by atoms with Crippen LogP contribution in [0.1, 0.15) is 6.42 Å². The maximum Gasteiger partial charge on any atom is 0.262 e. The smallest absolute Gasteiger partial charge is 0.262 e. The van der Waals surface area contributed by atoms with E-state index >= 15 is 0 Å². The van der Waals surface area contributed by atoms with E-state index in [0.717, 1.165) is 0 Å². The number of rotatable bonds is 4. The van der Waals surface area contributed by atoms with E-state index in [0.29, 0.717) is 13.1 Å². The van der Waals surface area contributed by atoms with Crippen LogP contribution in [-0.4, -0.2) is 45.7 Å². The van der Waals surface area contributed by atoms with Crippen LogP contribution in [0.15, 0.2) is 12.7 Å². The third-order valence-corrected chi connectivity index (χ3v) is 2.53. The van der Waals surface area contributed by atoms with Crippen molar-refractivity contribution in [2.45, 2.75) is 24.9 Å². The lowest BCUT2D eigenvalue weighted by atomic mass is 10.2. The summed E-state index contributed by atoms with van der Waals surface area (Å²) in [7, 11) is 0. The van der Waals surface area contributed by atoms with Crippen LogP contribution in [0.3, 0.4) is 0 Å². The highest BCUT2D eigenvalue weighted by Gasteiger charge is 2.42. The van der Waals surface area contributed by atoms with Gasteiger partial charge in [0.15, 0.2) is 0 Å². The van der Waals surface area contributed by atoms with Gasteiger partial charge in [0.1, 0.15) is 12.7 Å². The first-order chi connectivity index (χ1) is 8.07. The average Bonchev–Trinajstić information content (AvgIpc) is 2.87. The number of hydrogen-bond acceptors (Lipinski definition) is 4. The molecule has 1 atom stereocenters. The van der Waals surface area contributed by atoms with Gasteiger partial charge in [-0.3, -0.25) is 14.8 Å². The zero-order valence-electron chi connectivity index (χ0n) is 9.47. The third-order valence-electron chi connectivity index (χ3n) is 2.53. The monoisotopic (exact) mass is 281 g/mol. The summed E-state index contributed by atoms with van der Waals surface area (Å²) >= 11 is 0. The fraction of sp³-hybridized carbons (Fsp3) is 0.667. The van der Waals surface area contributed by atoms with Crippen LogP contribution in [0.2, 0.25) is 0 Å². The largest absolute Gasteiger partial charge is 0.353 e. The summed E-state index contributed by atoms with van der Waals surface area (Å²) in [6.07, 6.45) is 2.47. The molecule has 1 aromatic rings. The molecule has 1 fully saturated rings. The molecule has 2 heterocycles. The van der Waals surface area contributed by atoms with E-state index in [2.05, 4.69) is 20.7 Å². The fourth-order valence-corrected chi connectivity index (χ4v) is 1.67. The molecule has 9 heteroatoms. The van der Waals surface area contributed by atoms with Crippen LogP contribution in [-0.2, 0) is 11.3 Å². The third kappa shape index (κ3) is 3.88. The minimum atomic E-state index is -2.78. The van der Waals surface area contributed by atoms with E-state index in [1.807, 2.05) is 0 Å². The molecule has 1 amide bonds. The Morgan fingerprint density at radius 3 is 2.94 bits per heavy atom. The lowest BCUT2D eigenvalue weighted by Gasteiger charge is -2.10. The number of aromatic nitrogens is 3. The molecule has 2 rings (SSSR count). The van der Waals surface area contributed by atoms with Crippen molar-refractivity contribution in [1.82, 2.24) is 25.4 Å². The first-order valence-corrected chi connectivity index (χ1v) is 5.28. The zero-order chi connectivity index (χ0) is 12.3. The number of hydrogen-bond donors (Lipinski definition) is 2. The lowest BCUT2D eigenvalue weighted by molar-refractivity contribution is -0.123. The Bertz CT molecular complexity index is 386. The van der Waals surface area contributed by atoms with E-state index in [4.69, 9.17) is 0 Å². The topological polar surface area (TPSA) is 71.8 Å². The van der Waals surface area contributed by atoms with Crippen LogP contribution in [0.25, 0.3) is 0 Å². The van der Waals surface area contributed by atoms with Crippen molar-refractivity contribution in [2.75, 3.05) is 13.1 Å². The average molecular weight is 282 g/mol. The maximum absolute atomic E-state index is 12.8. The fourth-order valence-electron chi connectivity index (χ4n) is 1.67. The molecule has 1 aromatic heterocycles. The molecule has 0 spiro atoms. The quantitative estimate of drug-likeness (QED) is 0.803. The van der Waals surface area contributed by atoms with Crippen LogP contribution >= 0.6 is 12.4 Å². The second-order valence-corrected chi connectivity index (χ2v) is 3.94. The molecule has 1 unspecified atom stereocenters.